The molecule has 1 fully saturated rings. The van der Waals surface area contributed by atoms with Gasteiger partial charge >= 0.3 is 5.97 Å². The van der Waals surface area contributed by atoms with Crippen LogP contribution in [0.3, 0.4) is 0 Å². The molecule has 21 heavy (non-hydrogen) atoms. The second-order valence-corrected chi connectivity index (χ2v) is 3.69. The van der Waals surface area contributed by atoms with Gasteiger partial charge < -0.3 is 14.7 Å². The highest BCUT2D eigenvalue weighted by Crippen LogP contribution is 2.22. The van der Waals surface area contributed by atoms with Crippen molar-refractivity contribution in [3.8, 4) is 0 Å². The maximum Gasteiger partial charge on any atom is 0.341 e. The summed E-state index contributed by atoms with van der Waals surface area (Å²) in [6.45, 7) is 10.0. The van der Waals surface area contributed by atoms with E-state index >= 15 is 0 Å². The molecule has 0 unspecified atom stereocenters. The zero-order chi connectivity index (χ0) is 16.4. The fourth-order valence-electron chi connectivity index (χ4n) is 1.77. The van der Waals surface area contributed by atoms with E-state index in [0.29, 0.717) is 32.0 Å². The van der Waals surface area contributed by atoms with Crippen LogP contribution in [-0.4, -0.2) is 37.4 Å². The summed E-state index contributed by atoms with van der Waals surface area (Å²) >= 11 is 0. The number of carboxylic acid groups (broad SMARTS) is 1. The quantitative estimate of drug-likeness (QED) is 0.907. The molecular weight excluding hydrogens is 280 g/mol. The third-order valence-corrected chi connectivity index (χ3v) is 2.62. The molecule has 0 saturated carbocycles. The van der Waals surface area contributed by atoms with Gasteiger partial charge in [0.2, 0.25) is 0 Å². The summed E-state index contributed by atoms with van der Waals surface area (Å²) in [4.78, 5) is 12.4. The van der Waals surface area contributed by atoms with Crippen LogP contribution in [-0.2, 0) is 4.74 Å². The highest BCUT2D eigenvalue weighted by molar-refractivity contribution is 5.88. The molecule has 1 aliphatic heterocycles. The number of carboxylic acids is 1. The first-order valence-electron chi connectivity index (χ1n) is 7.14. The fraction of sp³-hybridized carbons (Fsp3) is 0.533. The molecule has 0 bridgehead atoms. The molecule has 1 N–H and O–H groups in total. The first-order valence-corrected chi connectivity index (χ1v) is 7.14. The van der Waals surface area contributed by atoms with Crippen LogP contribution in [0.25, 0.3) is 0 Å². The first-order chi connectivity index (χ1) is 10.1. The number of halogens is 2. The predicted molar refractivity (Wildman–Crippen MR) is 79.0 cm³/mol. The number of aromatic carboxylic acids is 1. The van der Waals surface area contributed by atoms with E-state index in [-0.39, 0.29) is 0 Å². The molecule has 0 amide bonds. The maximum atomic E-state index is 13.4. The molecule has 0 aliphatic carbocycles. The van der Waals surface area contributed by atoms with Crippen molar-refractivity contribution in [3.05, 3.63) is 29.3 Å². The molecule has 0 radical (unpaired) electrons. The van der Waals surface area contributed by atoms with Crippen LogP contribution in [0.15, 0.2) is 12.1 Å². The van der Waals surface area contributed by atoms with E-state index in [9.17, 15) is 13.6 Å². The Balaban J connectivity index is 0.000000921. The molecule has 1 heterocycles. The molecule has 1 aromatic carbocycles. The molecule has 1 saturated heterocycles. The van der Waals surface area contributed by atoms with Crippen molar-refractivity contribution in [1.29, 1.82) is 0 Å². The number of carbonyl (C=O) groups is 1. The molecule has 1 aliphatic rings. The monoisotopic (exact) mass is 303 g/mol. The zero-order valence-corrected chi connectivity index (χ0v) is 12.9. The van der Waals surface area contributed by atoms with E-state index in [4.69, 9.17) is 9.84 Å². The standard InChI is InChI=1S/C11H11F2NO3.2C2H6/c12-8-5-7(14-1-3-17-4-2-14)6-9(13)10(8)11(15)16;2*1-2/h5-6H,1-4H2,(H,15,16);2*1-2H3. The van der Waals surface area contributed by atoms with Gasteiger partial charge in [0.15, 0.2) is 0 Å². The second-order valence-electron chi connectivity index (χ2n) is 3.69. The van der Waals surface area contributed by atoms with Crippen molar-refractivity contribution in [1.82, 2.24) is 0 Å². The number of ether oxygens (including phenoxy) is 1. The number of benzene rings is 1. The lowest BCUT2D eigenvalue weighted by molar-refractivity contribution is 0.0686. The summed E-state index contributed by atoms with van der Waals surface area (Å²) < 4.78 is 32.0. The van der Waals surface area contributed by atoms with Gasteiger partial charge in [0.05, 0.1) is 13.2 Å². The van der Waals surface area contributed by atoms with E-state index in [1.807, 2.05) is 27.7 Å². The molecule has 1 aromatic rings. The SMILES string of the molecule is CC.CC.O=C(O)c1c(F)cc(N2CCOCC2)cc1F. The van der Waals surface area contributed by atoms with Crippen molar-refractivity contribution in [2.75, 3.05) is 31.2 Å². The van der Waals surface area contributed by atoms with Gasteiger partial charge in [-0.2, -0.15) is 0 Å². The van der Waals surface area contributed by atoms with Crippen LogP contribution < -0.4 is 4.90 Å². The molecule has 4 nitrogen and oxygen atoms in total. The zero-order valence-electron chi connectivity index (χ0n) is 12.9. The Labute approximate surface area is 124 Å². The smallest absolute Gasteiger partial charge is 0.341 e. The molecule has 2 rings (SSSR count). The second kappa shape index (κ2) is 10.1. The van der Waals surface area contributed by atoms with Crippen molar-refractivity contribution in [3.63, 3.8) is 0 Å². The summed E-state index contributed by atoms with van der Waals surface area (Å²) in [5.41, 5.74) is -0.574. The van der Waals surface area contributed by atoms with E-state index in [2.05, 4.69) is 0 Å². The summed E-state index contributed by atoms with van der Waals surface area (Å²) in [6, 6.07) is 2.08. The highest BCUT2D eigenvalue weighted by atomic mass is 19.1. The fourth-order valence-corrected chi connectivity index (χ4v) is 1.77. The highest BCUT2D eigenvalue weighted by Gasteiger charge is 2.20. The number of hydrogen-bond acceptors (Lipinski definition) is 3. The Bertz CT molecular complexity index is 424. The van der Waals surface area contributed by atoms with Crippen LogP contribution in [0.2, 0.25) is 0 Å². The molecule has 6 heteroatoms. The van der Waals surface area contributed by atoms with Gasteiger partial charge in [-0.3, -0.25) is 0 Å². The van der Waals surface area contributed by atoms with Gasteiger partial charge in [-0.1, -0.05) is 27.7 Å². The van der Waals surface area contributed by atoms with Gasteiger partial charge in [-0.05, 0) is 12.1 Å². The number of rotatable bonds is 2. The lowest BCUT2D eigenvalue weighted by Crippen LogP contribution is -2.36. The summed E-state index contributed by atoms with van der Waals surface area (Å²) in [6.07, 6.45) is 0. The molecular formula is C15H23F2NO3. The number of morpholine rings is 1. The first kappa shape index (κ1) is 19.3. The van der Waals surface area contributed by atoms with E-state index in [0.717, 1.165) is 12.1 Å². The van der Waals surface area contributed by atoms with Crippen LogP contribution in [0.1, 0.15) is 38.1 Å². The average molecular weight is 303 g/mol. The van der Waals surface area contributed by atoms with Crippen LogP contribution >= 0.6 is 0 Å². The lowest BCUT2D eigenvalue weighted by atomic mass is 10.1. The van der Waals surface area contributed by atoms with Gasteiger partial charge in [0.25, 0.3) is 0 Å². The molecule has 0 spiro atoms. The minimum Gasteiger partial charge on any atom is -0.477 e. The van der Waals surface area contributed by atoms with Crippen molar-refractivity contribution >= 4 is 11.7 Å². The number of nitrogens with zero attached hydrogens (tertiary/aromatic N) is 1. The number of hydrogen-bond donors (Lipinski definition) is 1. The van der Waals surface area contributed by atoms with Crippen molar-refractivity contribution in [2.45, 2.75) is 27.7 Å². The normalized spacial score (nSPS) is 13.5. The predicted octanol–water partition coefficient (Wildman–Crippen LogP) is 3.55. The van der Waals surface area contributed by atoms with Crippen LogP contribution in [0.4, 0.5) is 14.5 Å². The Hall–Kier alpha value is -1.69. The Morgan fingerprint density at radius 3 is 1.90 bits per heavy atom. The Morgan fingerprint density at radius 2 is 1.52 bits per heavy atom. The lowest BCUT2D eigenvalue weighted by Gasteiger charge is -2.29. The van der Waals surface area contributed by atoms with Gasteiger partial charge in [0, 0.05) is 18.8 Å². The third kappa shape index (κ3) is 5.30. The van der Waals surface area contributed by atoms with Crippen molar-refractivity contribution < 1.29 is 23.4 Å². The molecule has 120 valence electrons. The number of anilines is 1. The van der Waals surface area contributed by atoms with Crippen molar-refractivity contribution in [2.24, 2.45) is 0 Å². The van der Waals surface area contributed by atoms with Crippen LogP contribution in [0.5, 0.6) is 0 Å². The van der Waals surface area contributed by atoms with E-state index in [1.165, 1.54) is 0 Å². The largest absolute Gasteiger partial charge is 0.477 e. The molecule has 0 atom stereocenters. The summed E-state index contributed by atoms with van der Waals surface area (Å²) in [5.74, 6) is -3.72. The average Bonchev–Trinajstić information content (AvgIpc) is 2.51. The Morgan fingerprint density at radius 1 is 1.10 bits per heavy atom. The minimum atomic E-state index is -1.60. The maximum absolute atomic E-state index is 13.4. The third-order valence-electron chi connectivity index (χ3n) is 2.62. The van der Waals surface area contributed by atoms with Gasteiger partial charge in [0.1, 0.15) is 17.2 Å². The van der Waals surface area contributed by atoms with E-state index < -0.39 is 23.2 Å². The topological polar surface area (TPSA) is 49.8 Å². The van der Waals surface area contributed by atoms with Gasteiger partial charge in [-0.25, -0.2) is 13.6 Å². The van der Waals surface area contributed by atoms with Crippen LogP contribution in [0, 0.1) is 11.6 Å². The summed E-state index contributed by atoms with van der Waals surface area (Å²) in [7, 11) is 0. The minimum absolute atomic E-state index is 0.341. The van der Waals surface area contributed by atoms with E-state index in [1.54, 1.807) is 4.90 Å². The Kier molecular flexibility index (Phi) is 9.28. The summed E-state index contributed by atoms with van der Waals surface area (Å²) in [5, 5.41) is 8.63. The van der Waals surface area contributed by atoms with Gasteiger partial charge in [-0.15, -0.1) is 0 Å². The molecule has 0 aromatic heterocycles.